The number of aromatic nitrogens is 1. The molecule has 0 unspecified atom stereocenters. The SMILES string of the molecule is Cc1cc(C)c2sc(N(Cc3ccccc3)C(=O)c3ccc(S(=O)(=O)N4CCC(C)CC4)cc3)nc2c1. The largest absolute Gasteiger partial charge is 0.279 e. The van der Waals surface area contributed by atoms with Crippen LogP contribution in [-0.4, -0.2) is 36.7 Å². The van der Waals surface area contributed by atoms with Crippen LogP contribution >= 0.6 is 11.3 Å². The lowest BCUT2D eigenvalue weighted by molar-refractivity contribution is 0.0985. The fourth-order valence-corrected chi connectivity index (χ4v) is 7.26. The Morgan fingerprint density at radius 1 is 1.03 bits per heavy atom. The molecule has 2 heterocycles. The smallest absolute Gasteiger partial charge is 0.260 e. The van der Waals surface area contributed by atoms with Crippen LogP contribution in [0.4, 0.5) is 5.13 Å². The molecule has 1 aromatic heterocycles. The van der Waals surface area contributed by atoms with Gasteiger partial charge in [0.05, 0.1) is 21.7 Å². The fourth-order valence-electron chi connectivity index (χ4n) is 4.77. The number of carbonyl (C=O) groups excluding carboxylic acids is 1. The van der Waals surface area contributed by atoms with Gasteiger partial charge in [-0.1, -0.05) is 54.7 Å². The van der Waals surface area contributed by atoms with Crippen molar-refractivity contribution < 1.29 is 13.2 Å². The zero-order valence-corrected chi connectivity index (χ0v) is 23.0. The molecular formula is C29H31N3O3S2. The summed E-state index contributed by atoms with van der Waals surface area (Å²) in [6.07, 6.45) is 1.73. The lowest BCUT2D eigenvalue weighted by Crippen LogP contribution is -2.37. The van der Waals surface area contributed by atoms with Crippen LogP contribution in [0, 0.1) is 19.8 Å². The highest BCUT2D eigenvalue weighted by molar-refractivity contribution is 7.89. The average molecular weight is 534 g/mol. The number of aryl methyl sites for hydroxylation is 2. The Kier molecular flexibility index (Phi) is 7.16. The first-order chi connectivity index (χ1) is 17.7. The molecule has 0 saturated carbocycles. The van der Waals surface area contributed by atoms with Gasteiger partial charge in [-0.2, -0.15) is 4.31 Å². The van der Waals surface area contributed by atoms with E-state index < -0.39 is 10.0 Å². The van der Waals surface area contributed by atoms with Crippen LogP contribution in [0.25, 0.3) is 10.2 Å². The summed E-state index contributed by atoms with van der Waals surface area (Å²) < 4.78 is 28.9. The van der Waals surface area contributed by atoms with E-state index in [1.54, 1.807) is 33.5 Å². The van der Waals surface area contributed by atoms with Gasteiger partial charge in [0.1, 0.15) is 0 Å². The number of amides is 1. The van der Waals surface area contributed by atoms with Crippen molar-refractivity contribution in [3.8, 4) is 0 Å². The minimum absolute atomic E-state index is 0.215. The third-order valence-electron chi connectivity index (χ3n) is 6.95. The van der Waals surface area contributed by atoms with Crippen molar-refractivity contribution in [2.75, 3.05) is 18.0 Å². The van der Waals surface area contributed by atoms with E-state index >= 15 is 0 Å². The number of carbonyl (C=O) groups is 1. The van der Waals surface area contributed by atoms with Crippen LogP contribution in [0.2, 0.25) is 0 Å². The van der Waals surface area contributed by atoms with Crippen LogP contribution in [0.3, 0.4) is 0 Å². The molecule has 3 aromatic carbocycles. The Morgan fingerprint density at radius 3 is 2.38 bits per heavy atom. The fraction of sp³-hybridized carbons (Fsp3) is 0.310. The number of rotatable bonds is 6. The number of benzene rings is 3. The standard InChI is InChI=1S/C29H31N3O3S2/c1-20-13-15-31(16-14-20)37(34,35)25-11-9-24(10-12-25)28(33)32(19-23-7-5-4-6-8-23)29-30-26-18-21(2)17-22(3)27(26)36-29/h4-12,17-18,20H,13-16,19H2,1-3H3. The van der Waals surface area contributed by atoms with Gasteiger partial charge in [0.15, 0.2) is 5.13 Å². The Balaban J connectivity index is 1.47. The second-order valence-electron chi connectivity index (χ2n) is 9.91. The lowest BCUT2D eigenvalue weighted by Gasteiger charge is -2.29. The molecule has 5 rings (SSSR count). The van der Waals surface area contributed by atoms with Crippen LogP contribution in [0.15, 0.2) is 71.6 Å². The first kappa shape index (κ1) is 25.6. The van der Waals surface area contributed by atoms with E-state index in [2.05, 4.69) is 19.9 Å². The van der Waals surface area contributed by atoms with Gasteiger partial charge >= 0.3 is 0 Å². The van der Waals surface area contributed by atoms with Gasteiger partial charge in [0, 0.05) is 18.7 Å². The first-order valence-electron chi connectivity index (χ1n) is 12.6. The molecule has 1 aliphatic heterocycles. The Morgan fingerprint density at radius 2 is 1.70 bits per heavy atom. The Labute approximate surface area is 222 Å². The number of hydrogen-bond donors (Lipinski definition) is 0. The van der Waals surface area contributed by atoms with Crippen LogP contribution in [0.1, 0.15) is 46.8 Å². The molecule has 0 N–H and O–H groups in total. The molecular weight excluding hydrogens is 502 g/mol. The van der Waals surface area contributed by atoms with Crippen molar-refractivity contribution in [1.29, 1.82) is 0 Å². The molecule has 192 valence electrons. The highest BCUT2D eigenvalue weighted by Crippen LogP contribution is 2.34. The van der Waals surface area contributed by atoms with Gasteiger partial charge in [-0.3, -0.25) is 9.69 Å². The van der Waals surface area contributed by atoms with Crippen molar-refractivity contribution in [3.05, 3.63) is 89.0 Å². The van der Waals surface area contributed by atoms with E-state index in [-0.39, 0.29) is 10.8 Å². The number of piperidine rings is 1. The first-order valence-corrected chi connectivity index (χ1v) is 14.8. The second-order valence-corrected chi connectivity index (χ2v) is 12.8. The van der Waals surface area contributed by atoms with E-state index in [0.717, 1.165) is 39.7 Å². The lowest BCUT2D eigenvalue weighted by atomic mass is 10.0. The van der Waals surface area contributed by atoms with Crippen molar-refractivity contribution in [2.24, 2.45) is 5.92 Å². The van der Waals surface area contributed by atoms with Gasteiger partial charge in [-0.25, -0.2) is 13.4 Å². The number of anilines is 1. The number of nitrogens with zero attached hydrogens (tertiary/aromatic N) is 3. The summed E-state index contributed by atoms with van der Waals surface area (Å²) in [5.41, 5.74) is 4.55. The summed E-state index contributed by atoms with van der Waals surface area (Å²) in [4.78, 5) is 20.5. The second kappa shape index (κ2) is 10.4. The topological polar surface area (TPSA) is 70.6 Å². The normalized spacial score (nSPS) is 15.2. The van der Waals surface area contributed by atoms with Crippen molar-refractivity contribution in [3.63, 3.8) is 0 Å². The van der Waals surface area contributed by atoms with Gasteiger partial charge in [0.2, 0.25) is 10.0 Å². The summed E-state index contributed by atoms with van der Waals surface area (Å²) in [6, 6.07) is 20.3. The van der Waals surface area contributed by atoms with Gasteiger partial charge in [-0.05, 0) is 79.6 Å². The van der Waals surface area contributed by atoms with Gasteiger partial charge < -0.3 is 0 Å². The molecule has 37 heavy (non-hydrogen) atoms. The highest BCUT2D eigenvalue weighted by atomic mass is 32.2. The minimum atomic E-state index is -3.58. The summed E-state index contributed by atoms with van der Waals surface area (Å²) >= 11 is 1.50. The molecule has 8 heteroatoms. The van der Waals surface area contributed by atoms with Crippen molar-refractivity contribution >= 4 is 42.6 Å². The monoisotopic (exact) mass is 533 g/mol. The quantitative estimate of drug-likeness (QED) is 0.297. The predicted octanol–water partition coefficient (Wildman–Crippen LogP) is 6.18. The zero-order chi connectivity index (χ0) is 26.2. The number of hydrogen-bond acceptors (Lipinski definition) is 5. The summed E-state index contributed by atoms with van der Waals surface area (Å²) in [6.45, 7) is 7.68. The van der Waals surface area contributed by atoms with Crippen LogP contribution in [-0.2, 0) is 16.6 Å². The highest BCUT2D eigenvalue weighted by Gasteiger charge is 2.29. The molecule has 1 aliphatic rings. The zero-order valence-electron chi connectivity index (χ0n) is 21.3. The maximum Gasteiger partial charge on any atom is 0.260 e. The average Bonchev–Trinajstić information content (AvgIpc) is 3.32. The van der Waals surface area contributed by atoms with E-state index in [1.165, 1.54) is 11.3 Å². The molecule has 1 saturated heterocycles. The molecule has 0 radical (unpaired) electrons. The maximum absolute atomic E-state index is 13.8. The Hall–Kier alpha value is -3.07. The number of thiazole rings is 1. The van der Waals surface area contributed by atoms with Crippen molar-refractivity contribution in [1.82, 2.24) is 9.29 Å². The van der Waals surface area contributed by atoms with E-state index in [4.69, 9.17) is 4.98 Å². The molecule has 0 spiro atoms. The molecule has 0 bridgehead atoms. The van der Waals surface area contributed by atoms with Crippen LogP contribution in [0.5, 0.6) is 0 Å². The third kappa shape index (κ3) is 5.32. The van der Waals surface area contributed by atoms with E-state index in [1.807, 2.05) is 43.3 Å². The Bertz CT molecular complexity index is 1520. The van der Waals surface area contributed by atoms with Crippen LogP contribution < -0.4 is 4.90 Å². The summed E-state index contributed by atoms with van der Waals surface area (Å²) in [5.74, 6) is 0.324. The summed E-state index contributed by atoms with van der Waals surface area (Å²) in [7, 11) is -3.58. The minimum Gasteiger partial charge on any atom is -0.279 e. The molecule has 1 fully saturated rings. The maximum atomic E-state index is 13.8. The predicted molar refractivity (Wildman–Crippen MR) is 150 cm³/mol. The molecule has 0 atom stereocenters. The molecule has 0 aliphatic carbocycles. The van der Waals surface area contributed by atoms with Gasteiger partial charge in [-0.15, -0.1) is 0 Å². The van der Waals surface area contributed by atoms with E-state index in [0.29, 0.717) is 36.2 Å². The summed E-state index contributed by atoms with van der Waals surface area (Å²) in [5, 5.41) is 0.622. The van der Waals surface area contributed by atoms with Gasteiger partial charge in [0.25, 0.3) is 5.91 Å². The molecule has 1 amide bonds. The van der Waals surface area contributed by atoms with Crippen molar-refractivity contribution in [2.45, 2.75) is 45.1 Å². The molecule has 6 nitrogen and oxygen atoms in total. The van der Waals surface area contributed by atoms with E-state index in [9.17, 15) is 13.2 Å². The third-order valence-corrected chi connectivity index (χ3v) is 10.1. The number of fused-ring (bicyclic) bond motifs is 1. The number of sulfonamides is 1. The molecule has 4 aromatic rings.